The normalized spacial score (nSPS) is 19.3. The lowest BCUT2D eigenvalue weighted by Gasteiger charge is -2.20. The standard InChI is InChI=1S/C15H23N3O4S/c1-11(14-3-2-8-22-14)18-15(19)17-9-12-4-6-13(7-5-12)10-23(16,20)21/h4-7,11,14H,2-3,8-10H2,1H3,(H2,16,20,21)(H2,17,18,19)/t11-,14+/m0/s1. The molecule has 0 aromatic heterocycles. The number of nitrogens with two attached hydrogens (primary N) is 1. The second kappa shape index (κ2) is 7.76. The van der Waals surface area contributed by atoms with Gasteiger partial charge < -0.3 is 15.4 Å². The Morgan fingerprint density at radius 1 is 1.35 bits per heavy atom. The zero-order chi connectivity index (χ0) is 16.9. The van der Waals surface area contributed by atoms with Crippen LogP contribution < -0.4 is 15.8 Å². The van der Waals surface area contributed by atoms with Crippen molar-refractivity contribution in [2.75, 3.05) is 6.61 Å². The van der Waals surface area contributed by atoms with Gasteiger partial charge in [-0.25, -0.2) is 18.4 Å². The molecular weight excluding hydrogens is 318 g/mol. The predicted molar refractivity (Wildman–Crippen MR) is 87.1 cm³/mol. The number of sulfonamides is 1. The number of benzene rings is 1. The van der Waals surface area contributed by atoms with E-state index in [-0.39, 0.29) is 23.9 Å². The van der Waals surface area contributed by atoms with E-state index >= 15 is 0 Å². The highest BCUT2D eigenvalue weighted by atomic mass is 32.2. The Balaban J connectivity index is 1.77. The van der Waals surface area contributed by atoms with Crippen molar-refractivity contribution in [3.8, 4) is 0 Å². The molecule has 0 aliphatic carbocycles. The number of urea groups is 1. The summed E-state index contributed by atoms with van der Waals surface area (Å²) in [6.07, 6.45) is 2.08. The number of primary sulfonamides is 1. The van der Waals surface area contributed by atoms with Crippen molar-refractivity contribution in [3.05, 3.63) is 35.4 Å². The molecular formula is C15H23N3O4S. The van der Waals surface area contributed by atoms with Crippen LogP contribution in [0.5, 0.6) is 0 Å². The largest absolute Gasteiger partial charge is 0.376 e. The molecule has 2 atom stereocenters. The average molecular weight is 341 g/mol. The van der Waals surface area contributed by atoms with Crippen LogP contribution in [0, 0.1) is 0 Å². The van der Waals surface area contributed by atoms with Gasteiger partial charge in [0, 0.05) is 13.2 Å². The van der Waals surface area contributed by atoms with Gasteiger partial charge >= 0.3 is 6.03 Å². The van der Waals surface area contributed by atoms with Crippen molar-refractivity contribution in [1.82, 2.24) is 10.6 Å². The van der Waals surface area contributed by atoms with Gasteiger partial charge in [0.15, 0.2) is 0 Å². The lowest BCUT2D eigenvalue weighted by Crippen LogP contribution is -2.45. The third kappa shape index (κ3) is 6.17. The minimum absolute atomic E-state index is 0.0327. The number of ether oxygens (including phenoxy) is 1. The lowest BCUT2D eigenvalue weighted by atomic mass is 10.1. The van der Waals surface area contributed by atoms with Crippen molar-refractivity contribution < 1.29 is 17.9 Å². The third-order valence-electron chi connectivity index (χ3n) is 3.73. The van der Waals surface area contributed by atoms with E-state index in [0.29, 0.717) is 12.1 Å². The summed E-state index contributed by atoms with van der Waals surface area (Å²) in [5.74, 6) is -0.194. The summed E-state index contributed by atoms with van der Waals surface area (Å²) in [5.41, 5.74) is 1.50. The fourth-order valence-electron chi connectivity index (χ4n) is 2.52. The van der Waals surface area contributed by atoms with Crippen LogP contribution in [0.2, 0.25) is 0 Å². The molecule has 0 unspecified atom stereocenters. The van der Waals surface area contributed by atoms with E-state index in [1.54, 1.807) is 24.3 Å². The topological polar surface area (TPSA) is 111 Å². The van der Waals surface area contributed by atoms with Crippen LogP contribution in [0.15, 0.2) is 24.3 Å². The first-order valence-corrected chi connectivity index (χ1v) is 9.29. The Bertz CT molecular complexity index is 625. The van der Waals surface area contributed by atoms with Crippen molar-refractivity contribution >= 4 is 16.1 Å². The van der Waals surface area contributed by atoms with Crippen LogP contribution in [0.3, 0.4) is 0 Å². The Labute approximate surface area is 136 Å². The van der Waals surface area contributed by atoms with E-state index in [2.05, 4.69) is 10.6 Å². The van der Waals surface area contributed by atoms with Gasteiger partial charge in [0.2, 0.25) is 10.0 Å². The first kappa shape index (κ1) is 17.7. The van der Waals surface area contributed by atoms with Crippen LogP contribution in [-0.4, -0.2) is 33.2 Å². The van der Waals surface area contributed by atoms with E-state index in [0.717, 1.165) is 25.0 Å². The number of hydrogen-bond donors (Lipinski definition) is 3. The Hall–Kier alpha value is -1.64. The van der Waals surface area contributed by atoms with Crippen molar-refractivity contribution in [2.45, 2.75) is 44.2 Å². The molecule has 128 valence electrons. The molecule has 1 aliphatic rings. The first-order chi connectivity index (χ1) is 10.8. The van der Waals surface area contributed by atoms with Crippen LogP contribution in [0.4, 0.5) is 4.79 Å². The minimum atomic E-state index is -3.53. The minimum Gasteiger partial charge on any atom is -0.376 e. The van der Waals surface area contributed by atoms with Gasteiger partial charge in [0.25, 0.3) is 0 Å². The van der Waals surface area contributed by atoms with E-state index < -0.39 is 10.0 Å². The smallest absolute Gasteiger partial charge is 0.315 e. The molecule has 1 fully saturated rings. The molecule has 1 heterocycles. The van der Waals surface area contributed by atoms with Crippen molar-refractivity contribution in [1.29, 1.82) is 0 Å². The molecule has 0 bridgehead atoms. The molecule has 0 spiro atoms. The summed E-state index contributed by atoms with van der Waals surface area (Å²) >= 11 is 0. The Kier molecular flexibility index (Phi) is 5.97. The van der Waals surface area contributed by atoms with Gasteiger partial charge in [0.1, 0.15) is 0 Å². The highest BCUT2D eigenvalue weighted by Crippen LogP contribution is 2.15. The van der Waals surface area contributed by atoms with Gasteiger partial charge in [-0.05, 0) is 30.9 Å². The van der Waals surface area contributed by atoms with E-state index in [4.69, 9.17) is 9.88 Å². The van der Waals surface area contributed by atoms with Gasteiger partial charge in [-0.3, -0.25) is 0 Å². The molecule has 0 radical (unpaired) electrons. The van der Waals surface area contributed by atoms with E-state index in [1.807, 2.05) is 6.92 Å². The highest BCUT2D eigenvalue weighted by Gasteiger charge is 2.23. The summed E-state index contributed by atoms with van der Waals surface area (Å²) in [7, 11) is -3.53. The number of rotatable bonds is 6. The second-order valence-corrected chi connectivity index (χ2v) is 7.41. The summed E-state index contributed by atoms with van der Waals surface area (Å²) in [6.45, 7) is 3.04. The zero-order valence-corrected chi connectivity index (χ0v) is 13.9. The second-order valence-electron chi connectivity index (χ2n) is 5.79. The molecule has 1 aromatic rings. The summed E-state index contributed by atoms with van der Waals surface area (Å²) in [4.78, 5) is 11.9. The van der Waals surface area contributed by atoms with E-state index in [9.17, 15) is 13.2 Å². The van der Waals surface area contributed by atoms with Crippen molar-refractivity contribution in [3.63, 3.8) is 0 Å². The molecule has 2 amide bonds. The molecule has 7 nitrogen and oxygen atoms in total. The lowest BCUT2D eigenvalue weighted by molar-refractivity contribution is 0.0860. The molecule has 4 N–H and O–H groups in total. The maximum absolute atomic E-state index is 11.9. The fraction of sp³-hybridized carbons (Fsp3) is 0.533. The van der Waals surface area contributed by atoms with Gasteiger partial charge in [0.05, 0.1) is 17.9 Å². The average Bonchev–Trinajstić information content (AvgIpc) is 2.99. The van der Waals surface area contributed by atoms with Crippen LogP contribution >= 0.6 is 0 Å². The number of hydrogen-bond acceptors (Lipinski definition) is 4. The quantitative estimate of drug-likeness (QED) is 0.712. The number of amides is 2. The van der Waals surface area contributed by atoms with E-state index in [1.165, 1.54) is 0 Å². The Morgan fingerprint density at radius 3 is 2.57 bits per heavy atom. The zero-order valence-electron chi connectivity index (χ0n) is 13.1. The summed E-state index contributed by atoms with van der Waals surface area (Å²) in [6, 6.07) is 6.63. The fourth-order valence-corrected chi connectivity index (χ4v) is 3.17. The molecule has 1 aliphatic heterocycles. The van der Waals surface area contributed by atoms with Crippen molar-refractivity contribution in [2.24, 2.45) is 5.14 Å². The monoisotopic (exact) mass is 341 g/mol. The third-order valence-corrected chi connectivity index (χ3v) is 4.46. The van der Waals surface area contributed by atoms with Crippen LogP contribution in [-0.2, 0) is 27.1 Å². The number of nitrogens with one attached hydrogen (secondary N) is 2. The van der Waals surface area contributed by atoms with Crippen LogP contribution in [0.1, 0.15) is 30.9 Å². The molecule has 1 aromatic carbocycles. The predicted octanol–water partition coefficient (Wildman–Crippen LogP) is 0.842. The first-order valence-electron chi connectivity index (χ1n) is 7.58. The van der Waals surface area contributed by atoms with Gasteiger partial charge in [-0.2, -0.15) is 0 Å². The number of carbonyl (C=O) groups is 1. The summed E-state index contributed by atoms with van der Waals surface area (Å²) < 4.78 is 27.6. The highest BCUT2D eigenvalue weighted by molar-refractivity contribution is 7.88. The molecule has 2 rings (SSSR count). The number of carbonyl (C=O) groups excluding carboxylic acids is 1. The summed E-state index contributed by atoms with van der Waals surface area (Å²) in [5, 5.41) is 10.6. The maximum atomic E-state index is 11.9. The molecule has 0 saturated carbocycles. The Morgan fingerprint density at radius 2 is 2.00 bits per heavy atom. The van der Waals surface area contributed by atoms with Gasteiger partial charge in [-0.1, -0.05) is 24.3 Å². The molecule has 23 heavy (non-hydrogen) atoms. The molecule has 8 heteroatoms. The molecule has 1 saturated heterocycles. The van der Waals surface area contributed by atoms with Crippen LogP contribution in [0.25, 0.3) is 0 Å². The maximum Gasteiger partial charge on any atom is 0.315 e. The van der Waals surface area contributed by atoms with Gasteiger partial charge in [-0.15, -0.1) is 0 Å². The SMILES string of the molecule is C[C@H](NC(=O)NCc1ccc(CS(N)(=O)=O)cc1)[C@H]1CCCO1.